The first-order chi connectivity index (χ1) is 15.0. The molecule has 3 aromatic heterocycles. The number of anilines is 1. The first-order valence-electron chi connectivity index (χ1n) is 9.34. The van der Waals surface area contributed by atoms with Gasteiger partial charge < -0.3 is 5.73 Å². The third-order valence-corrected chi connectivity index (χ3v) is 7.60. The highest BCUT2D eigenvalue weighted by atomic mass is 32.2. The zero-order chi connectivity index (χ0) is 21.8. The number of aryl methyl sites for hydroxylation is 1. The number of carbonyl (C=O) groups excluding carboxylic acids is 2. The molecule has 7 nitrogen and oxygen atoms in total. The number of thiophene rings is 1. The molecule has 158 valence electrons. The quantitative estimate of drug-likeness (QED) is 0.376. The van der Waals surface area contributed by atoms with Crippen LogP contribution < -0.4 is 11.1 Å². The van der Waals surface area contributed by atoms with Crippen LogP contribution in [-0.2, 0) is 11.3 Å². The van der Waals surface area contributed by atoms with Gasteiger partial charge >= 0.3 is 0 Å². The normalized spacial score (nSPS) is 10.9. The molecular weight excluding hydrogens is 450 g/mol. The Hall–Kier alpha value is -2.95. The molecule has 0 spiro atoms. The summed E-state index contributed by atoms with van der Waals surface area (Å²) in [6.45, 7) is 2.40. The van der Waals surface area contributed by atoms with Crippen molar-refractivity contribution < 1.29 is 9.59 Å². The first kappa shape index (κ1) is 21.3. The predicted molar refractivity (Wildman–Crippen MR) is 126 cm³/mol. The van der Waals surface area contributed by atoms with Gasteiger partial charge in [0.05, 0.1) is 32.6 Å². The van der Waals surface area contributed by atoms with E-state index in [-0.39, 0.29) is 11.7 Å². The predicted octanol–water partition coefficient (Wildman–Crippen LogP) is 4.25. The van der Waals surface area contributed by atoms with Crippen molar-refractivity contribution in [2.45, 2.75) is 17.7 Å². The minimum atomic E-state index is -0.394. The summed E-state index contributed by atoms with van der Waals surface area (Å²) in [4.78, 5) is 29.5. The van der Waals surface area contributed by atoms with Crippen LogP contribution in [0.5, 0.6) is 0 Å². The molecule has 0 saturated heterocycles. The van der Waals surface area contributed by atoms with Crippen LogP contribution in [0, 0.1) is 6.92 Å². The monoisotopic (exact) mass is 469 g/mol. The fourth-order valence-corrected chi connectivity index (χ4v) is 5.50. The van der Waals surface area contributed by atoms with Crippen molar-refractivity contribution >= 4 is 51.4 Å². The Balaban J connectivity index is 1.58. The van der Waals surface area contributed by atoms with Gasteiger partial charge in [0.25, 0.3) is 5.91 Å². The fourth-order valence-electron chi connectivity index (χ4n) is 2.91. The molecule has 4 rings (SSSR count). The summed E-state index contributed by atoms with van der Waals surface area (Å²) >= 11 is 4.18. The second-order valence-corrected chi connectivity index (χ2v) is 9.84. The Bertz CT molecular complexity index is 1200. The molecule has 0 aliphatic rings. The number of thiazole rings is 1. The van der Waals surface area contributed by atoms with E-state index in [0.717, 1.165) is 20.3 Å². The molecule has 3 N–H and O–H groups in total. The largest absolute Gasteiger partial charge is 0.369 e. The number of hydrogen-bond donors (Lipinski definition) is 2. The Kier molecular flexibility index (Phi) is 6.50. The van der Waals surface area contributed by atoms with E-state index >= 15 is 0 Å². The maximum Gasteiger partial charge on any atom is 0.261 e. The number of aromatic nitrogens is 3. The smallest absolute Gasteiger partial charge is 0.261 e. The highest BCUT2D eigenvalue weighted by molar-refractivity contribution is 8.01. The standard InChI is InChI=1S/C21H19N5O2S3/c1-13-20(30-12-17(22)27)31-21(23-13)24-19(28)15-11-26(10-14-6-3-2-4-7-14)25-18(15)16-8-5-9-29-16/h2-9,11H,10,12H2,1H3,(H2,22,27)(H,23,24,28). The highest BCUT2D eigenvalue weighted by Gasteiger charge is 2.21. The molecule has 2 amide bonds. The van der Waals surface area contributed by atoms with Crippen molar-refractivity contribution in [3.63, 3.8) is 0 Å². The van der Waals surface area contributed by atoms with Gasteiger partial charge in [-0.15, -0.1) is 23.1 Å². The molecule has 0 unspecified atom stereocenters. The minimum absolute atomic E-state index is 0.172. The topological polar surface area (TPSA) is 103 Å². The summed E-state index contributed by atoms with van der Waals surface area (Å²) in [5.41, 5.74) is 8.20. The molecule has 31 heavy (non-hydrogen) atoms. The molecule has 0 bridgehead atoms. The van der Waals surface area contributed by atoms with Crippen molar-refractivity contribution in [1.82, 2.24) is 14.8 Å². The molecule has 0 aliphatic heterocycles. The van der Waals surface area contributed by atoms with E-state index in [1.165, 1.54) is 34.4 Å². The Morgan fingerprint density at radius 2 is 2.00 bits per heavy atom. The van der Waals surface area contributed by atoms with Crippen LogP contribution in [0.15, 0.2) is 58.3 Å². The summed E-state index contributed by atoms with van der Waals surface area (Å²) in [5.74, 6) is -0.497. The molecule has 0 saturated carbocycles. The van der Waals surface area contributed by atoms with E-state index < -0.39 is 5.91 Å². The maximum absolute atomic E-state index is 13.1. The second-order valence-electron chi connectivity index (χ2n) is 6.65. The summed E-state index contributed by atoms with van der Waals surface area (Å²) in [6, 6.07) is 13.9. The molecule has 0 atom stereocenters. The van der Waals surface area contributed by atoms with Crippen molar-refractivity contribution in [1.29, 1.82) is 0 Å². The lowest BCUT2D eigenvalue weighted by Crippen LogP contribution is -2.12. The lowest BCUT2D eigenvalue weighted by atomic mass is 10.2. The summed E-state index contributed by atoms with van der Waals surface area (Å²) in [7, 11) is 0. The number of amides is 2. The SMILES string of the molecule is Cc1nc(NC(=O)c2cn(Cc3ccccc3)nc2-c2cccs2)sc1SCC(N)=O. The van der Waals surface area contributed by atoms with Crippen LogP contribution in [0.25, 0.3) is 10.6 Å². The molecular formula is C21H19N5O2S3. The zero-order valence-corrected chi connectivity index (χ0v) is 19.0. The van der Waals surface area contributed by atoms with Crippen LogP contribution in [0.4, 0.5) is 5.13 Å². The lowest BCUT2D eigenvalue weighted by molar-refractivity contribution is -0.115. The van der Waals surface area contributed by atoms with E-state index in [2.05, 4.69) is 15.4 Å². The summed E-state index contributed by atoms with van der Waals surface area (Å²) in [5, 5.41) is 9.99. The van der Waals surface area contributed by atoms with Crippen molar-refractivity contribution in [2.24, 2.45) is 5.73 Å². The number of nitrogens with one attached hydrogen (secondary N) is 1. The number of nitrogens with two attached hydrogens (primary N) is 1. The van der Waals surface area contributed by atoms with E-state index in [4.69, 9.17) is 5.73 Å². The third kappa shape index (κ3) is 5.22. The molecule has 0 fully saturated rings. The summed E-state index contributed by atoms with van der Waals surface area (Å²) in [6.07, 6.45) is 1.76. The van der Waals surface area contributed by atoms with Gasteiger partial charge in [-0.05, 0) is 23.9 Å². The van der Waals surface area contributed by atoms with E-state index in [0.29, 0.717) is 22.9 Å². The fraction of sp³-hybridized carbons (Fsp3) is 0.143. The Labute approximate surface area is 191 Å². The second kappa shape index (κ2) is 9.46. The Morgan fingerprint density at radius 3 is 2.71 bits per heavy atom. The van der Waals surface area contributed by atoms with Crippen LogP contribution in [-0.4, -0.2) is 32.3 Å². The van der Waals surface area contributed by atoms with E-state index in [1.54, 1.807) is 10.9 Å². The number of benzene rings is 1. The van der Waals surface area contributed by atoms with Gasteiger partial charge in [-0.3, -0.25) is 19.6 Å². The van der Waals surface area contributed by atoms with Gasteiger partial charge in [0.15, 0.2) is 5.13 Å². The molecule has 1 aromatic carbocycles. The average molecular weight is 470 g/mol. The van der Waals surface area contributed by atoms with Crippen LogP contribution in [0.2, 0.25) is 0 Å². The van der Waals surface area contributed by atoms with Crippen molar-refractivity contribution in [3.05, 3.63) is 70.9 Å². The number of carbonyl (C=O) groups is 2. The average Bonchev–Trinajstić information content (AvgIpc) is 3.47. The number of nitrogens with zero attached hydrogens (tertiary/aromatic N) is 3. The third-order valence-electron chi connectivity index (χ3n) is 4.27. The first-order valence-corrected chi connectivity index (χ1v) is 12.0. The van der Waals surface area contributed by atoms with Gasteiger partial charge in [0, 0.05) is 6.20 Å². The number of thioether (sulfide) groups is 1. The summed E-state index contributed by atoms with van der Waals surface area (Å²) < 4.78 is 2.63. The zero-order valence-electron chi connectivity index (χ0n) is 16.6. The van der Waals surface area contributed by atoms with Crippen molar-refractivity contribution in [2.75, 3.05) is 11.1 Å². The molecule has 0 aliphatic carbocycles. The van der Waals surface area contributed by atoms with Gasteiger partial charge in [-0.1, -0.05) is 47.7 Å². The minimum Gasteiger partial charge on any atom is -0.369 e. The number of hydrogen-bond acceptors (Lipinski definition) is 7. The van der Waals surface area contributed by atoms with Gasteiger partial charge in [0.2, 0.25) is 5.91 Å². The maximum atomic E-state index is 13.1. The van der Waals surface area contributed by atoms with Crippen LogP contribution in [0.1, 0.15) is 21.6 Å². The van der Waals surface area contributed by atoms with E-state index in [1.807, 2.05) is 54.8 Å². The molecule has 0 radical (unpaired) electrons. The number of primary amides is 1. The highest BCUT2D eigenvalue weighted by Crippen LogP contribution is 2.33. The van der Waals surface area contributed by atoms with Crippen molar-refractivity contribution in [3.8, 4) is 10.6 Å². The molecule has 3 heterocycles. The van der Waals surface area contributed by atoms with Gasteiger partial charge in [-0.25, -0.2) is 4.98 Å². The number of rotatable bonds is 8. The molecule has 10 heteroatoms. The van der Waals surface area contributed by atoms with Gasteiger partial charge in [-0.2, -0.15) is 5.10 Å². The van der Waals surface area contributed by atoms with E-state index in [9.17, 15) is 9.59 Å². The van der Waals surface area contributed by atoms with Gasteiger partial charge in [0.1, 0.15) is 5.69 Å². The Morgan fingerprint density at radius 1 is 1.19 bits per heavy atom. The lowest BCUT2D eigenvalue weighted by Gasteiger charge is -2.01. The molecule has 4 aromatic rings. The van der Waals surface area contributed by atoms with Crippen LogP contribution >= 0.6 is 34.4 Å². The van der Waals surface area contributed by atoms with Crippen LogP contribution in [0.3, 0.4) is 0 Å².